The molecule has 0 spiro atoms. The van der Waals surface area contributed by atoms with Crippen LogP contribution in [-0.4, -0.2) is 17.7 Å². The number of nitrogens with zero attached hydrogens (tertiary/aromatic N) is 2. The normalized spacial score (nSPS) is 10.4. The second-order valence-electron chi connectivity index (χ2n) is 5.19. The van der Waals surface area contributed by atoms with Crippen molar-refractivity contribution in [2.45, 2.75) is 77.6 Å². The highest BCUT2D eigenvalue weighted by atomic mass is 16.2. The number of urea groups is 1. The molecule has 6 nitrogen and oxygen atoms in total. The average Bonchev–Trinajstić information content (AvgIpc) is 2.43. The molecule has 0 fully saturated rings. The SMILES string of the molecule is CCCCCCCCCCCCCNN(N=N)C(N)=O. The molecule has 0 rings (SSSR count). The summed E-state index contributed by atoms with van der Waals surface area (Å²) < 4.78 is 0. The van der Waals surface area contributed by atoms with Crippen molar-refractivity contribution in [3.63, 3.8) is 0 Å². The number of hydrazine groups is 1. The molecular weight excluding hydrogens is 254 g/mol. The van der Waals surface area contributed by atoms with E-state index in [1.54, 1.807) is 0 Å². The van der Waals surface area contributed by atoms with Crippen LogP contribution in [-0.2, 0) is 0 Å². The van der Waals surface area contributed by atoms with Gasteiger partial charge in [-0.1, -0.05) is 76.4 Å². The molecular formula is C14H31N5O. The van der Waals surface area contributed by atoms with Crippen molar-refractivity contribution >= 4 is 6.03 Å². The average molecular weight is 285 g/mol. The first-order valence-electron chi connectivity index (χ1n) is 7.92. The summed E-state index contributed by atoms with van der Waals surface area (Å²) in [5, 5.41) is 3.73. The molecule has 0 saturated carbocycles. The largest absolute Gasteiger partial charge is 0.351 e. The lowest BCUT2D eigenvalue weighted by Crippen LogP contribution is -2.42. The van der Waals surface area contributed by atoms with Crippen LogP contribution in [0, 0.1) is 5.53 Å². The van der Waals surface area contributed by atoms with Crippen LogP contribution in [0.25, 0.3) is 0 Å². The lowest BCUT2D eigenvalue weighted by molar-refractivity contribution is 0.173. The predicted molar refractivity (Wildman–Crippen MR) is 81.0 cm³/mol. The summed E-state index contributed by atoms with van der Waals surface area (Å²) in [6.45, 7) is 2.87. The number of unbranched alkanes of at least 4 members (excludes halogenated alkanes) is 10. The molecule has 118 valence electrons. The van der Waals surface area contributed by atoms with Crippen molar-refractivity contribution in [1.29, 1.82) is 5.53 Å². The van der Waals surface area contributed by atoms with Crippen molar-refractivity contribution in [2.75, 3.05) is 6.54 Å². The third-order valence-electron chi connectivity index (χ3n) is 3.35. The first-order chi connectivity index (χ1) is 9.72. The molecule has 0 aromatic heterocycles. The van der Waals surface area contributed by atoms with Gasteiger partial charge in [-0.05, 0) is 6.42 Å². The minimum atomic E-state index is -0.747. The maximum atomic E-state index is 10.7. The Balaban J connectivity index is 3.17. The number of rotatable bonds is 14. The van der Waals surface area contributed by atoms with Gasteiger partial charge in [0.1, 0.15) is 0 Å². The Bertz CT molecular complexity index is 248. The number of carbonyl (C=O) groups excluding carboxylic acids is 1. The predicted octanol–water partition coefficient (Wildman–Crippen LogP) is 4.13. The zero-order valence-corrected chi connectivity index (χ0v) is 12.9. The van der Waals surface area contributed by atoms with E-state index in [0.29, 0.717) is 6.54 Å². The van der Waals surface area contributed by atoms with E-state index in [1.807, 2.05) is 0 Å². The highest BCUT2D eigenvalue weighted by Crippen LogP contribution is 2.10. The van der Waals surface area contributed by atoms with E-state index in [-0.39, 0.29) is 0 Å². The van der Waals surface area contributed by atoms with Crippen LogP contribution >= 0.6 is 0 Å². The van der Waals surface area contributed by atoms with E-state index in [2.05, 4.69) is 17.6 Å². The fraction of sp³-hybridized carbons (Fsp3) is 0.929. The van der Waals surface area contributed by atoms with Crippen molar-refractivity contribution < 1.29 is 4.79 Å². The fourth-order valence-electron chi connectivity index (χ4n) is 2.14. The van der Waals surface area contributed by atoms with Gasteiger partial charge in [-0.15, -0.1) is 5.12 Å². The van der Waals surface area contributed by atoms with E-state index in [9.17, 15) is 4.79 Å². The summed E-state index contributed by atoms with van der Waals surface area (Å²) in [6.07, 6.45) is 14.1. The van der Waals surface area contributed by atoms with E-state index < -0.39 is 6.03 Å². The molecule has 20 heavy (non-hydrogen) atoms. The molecule has 0 radical (unpaired) electrons. The molecule has 0 aromatic rings. The second kappa shape index (κ2) is 14.2. The van der Waals surface area contributed by atoms with Crippen molar-refractivity contribution in [3.8, 4) is 0 Å². The number of amides is 2. The number of carbonyl (C=O) groups is 1. The third kappa shape index (κ3) is 11.9. The maximum Gasteiger partial charge on any atom is 0.351 e. The van der Waals surface area contributed by atoms with Crippen LogP contribution in [0.15, 0.2) is 5.22 Å². The standard InChI is InChI=1S/C14H31N5O/c1-2-3-4-5-6-7-8-9-10-11-12-13-17-19(18-16)14(15)20/h16-17H,2-13H2,1H3,(H2,15,20). The highest BCUT2D eigenvalue weighted by Gasteiger charge is 2.05. The Morgan fingerprint density at radius 3 is 1.85 bits per heavy atom. The smallest absolute Gasteiger partial charge is 0.349 e. The van der Waals surface area contributed by atoms with Gasteiger partial charge in [0, 0.05) is 6.54 Å². The van der Waals surface area contributed by atoms with E-state index in [4.69, 9.17) is 11.3 Å². The van der Waals surface area contributed by atoms with Crippen LogP contribution in [0.5, 0.6) is 0 Å². The van der Waals surface area contributed by atoms with Crippen LogP contribution in [0.3, 0.4) is 0 Å². The molecule has 6 heteroatoms. The maximum absolute atomic E-state index is 10.7. The lowest BCUT2D eigenvalue weighted by atomic mass is 10.1. The Hall–Kier alpha value is -1.17. The number of nitrogens with one attached hydrogen (secondary N) is 2. The fourth-order valence-corrected chi connectivity index (χ4v) is 2.14. The van der Waals surface area contributed by atoms with Crippen LogP contribution in [0.1, 0.15) is 77.6 Å². The van der Waals surface area contributed by atoms with Crippen LogP contribution in [0.2, 0.25) is 0 Å². The Morgan fingerprint density at radius 2 is 1.45 bits per heavy atom. The minimum absolute atomic E-state index is 0.627. The molecule has 4 N–H and O–H groups in total. The molecule has 0 atom stereocenters. The van der Waals surface area contributed by atoms with Crippen LogP contribution in [0.4, 0.5) is 4.79 Å². The molecule has 0 aliphatic heterocycles. The molecule has 0 unspecified atom stereocenters. The minimum Gasteiger partial charge on any atom is -0.349 e. The molecule has 0 bridgehead atoms. The molecule has 2 amide bonds. The van der Waals surface area contributed by atoms with Gasteiger partial charge in [0.2, 0.25) is 0 Å². The molecule has 0 saturated heterocycles. The van der Waals surface area contributed by atoms with Gasteiger partial charge < -0.3 is 5.73 Å². The molecule has 0 aliphatic carbocycles. The summed E-state index contributed by atoms with van der Waals surface area (Å²) in [7, 11) is 0. The number of hydrogen-bond donors (Lipinski definition) is 3. The summed E-state index contributed by atoms with van der Waals surface area (Å²) in [5.41, 5.74) is 14.4. The first-order valence-corrected chi connectivity index (χ1v) is 7.92. The molecule has 0 heterocycles. The quantitative estimate of drug-likeness (QED) is 0.254. The van der Waals surface area contributed by atoms with Gasteiger partial charge in [0.15, 0.2) is 0 Å². The van der Waals surface area contributed by atoms with Gasteiger partial charge in [-0.3, -0.25) is 0 Å². The summed E-state index contributed by atoms with van der Waals surface area (Å²) in [5.74, 6) is 0. The van der Waals surface area contributed by atoms with Crippen molar-refractivity contribution in [3.05, 3.63) is 0 Å². The van der Waals surface area contributed by atoms with Crippen molar-refractivity contribution in [2.24, 2.45) is 11.0 Å². The van der Waals surface area contributed by atoms with Crippen molar-refractivity contribution in [1.82, 2.24) is 10.5 Å². The van der Waals surface area contributed by atoms with Gasteiger partial charge in [-0.2, -0.15) is 5.53 Å². The number of hydrogen-bond acceptors (Lipinski definition) is 4. The van der Waals surface area contributed by atoms with E-state index in [1.165, 1.54) is 57.8 Å². The van der Waals surface area contributed by atoms with Crippen LogP contribution < -0.4 is 11.2 Å². The monoisotopic (exact) mass is 285 g/mol. The van der Waals surface area contributed by atoms with E-state index >= 15 is 0 Å². The van der Waals surface area contributed by atoms with Gasteiger partial charge in [-0.25, -0.2) is 10.2 Å². The topological polar surface area (TPSA) is 94.6 Å². The Morgan fingerprint density at radius 1 is 1.00 bits per heavy atom. The molecule has 0 aliphatic rings. The third-order valence-corrected chi connectivity index (χ3v) is 3.35. The van der Waals surface area contributed by atoms with Gasteiger partial charge >= 0.3 is 6.03 Å². The summed E-state index contributed by atoms with van der Waals surface area (Å²) >= 11 is 0. The number of nitrogens with two attached hydrogens (primary N) is 1. The first kappa shape index (κ1) is 18.8. The lowest BCUT2D eigenvalue weighted by Gasteiger charge is -2.12. The van der Waals surface area contributed by atoms with E-state index in [0.717, 1.165) is 18.0 Å². The Kier molecular flexibility index (Phi) is 13.4. The Labute approximate surface area is 122 Å². The zero-order valence-electron chi connectivity index (χ0n) is 12.9. The summed E-state index contributed by atoms with van der Waals surface area (Å²) in [6, 6.07) is -0.747. The molecule has 0 aromatic carbocycles. The highest BCUT2D eigenvalue weighted by molar-refractivity contribution is 5.70. The van der Waals surface area contributed by atoms with Gasteiger partial charge in [0.25, 0.3) is 0 Å². The van der Waals surface area contributed by atoms with Gasteiger partial charge in [0.05, 0.1) is 0 Å². The number of primary amides is 1. The summed E-state index contributed by atoms with van der Waals surface area (Å²) in [4.78, 5) is 10.7. The second-order valence-corrected chi connectivity index (χ2v) is 5.19. The zero-order chi connectivity index (χ0) is 15.1.